The third-order valence-corrected chi connectivity index (χ3v) is 4.73. The number of carboxylic acids is 1. The minimum absolute atomic E-state index is 0.0982. The van der Waals surface area contributed by atoms with Crippen molar-refractivity contribution in [2.75, 3.05) is 6.54 Å². The van der Waals surface area contributed by atoms with Crippen LogP contribution in [0.2, 0.25) is 0 Å². The maximum Gasteiger partial charge on any atom is 0.307 e. The number of hydrogen-bond acceptors (Lipinski definition) is 5. The van der Waals surface area contributed by atoms with Crippen molar-refractivity contribution in [3.63, 3.8) is 0 Å². The van der Waals surface area contributed by atoms with E-state index in [0.717, 1.165) is 6.07 Å². The third kappa shape index (κ3) is 5.29. The maximum atomic E-state index is 12.2. The van der Waals surface area contributed by atoms with Crippen LogP contribution in [-0.4, -0.2) is 31.0 Å². The molecule has 1 atom stereocenters. The van der Waals surface area contributed by atoms with Gasteiger partial charge in [-0.3, -0.25) is 14.9 Å². The molecule has 2 N–H and O–H groups in total. The summed E-state index contributed by atoms with van der Waals surface area (Å²) in [5.74, 6) is -1.84. The standard InChI is InChI=1S/C14H20N2O6S/c1-9(2)6-11(14(17)18)8-15-23(21,22)12-5-4-10(3)13(7-12)16(19)20/h4-5,7,9,11,15H,6,8H2,1-3H3,(H,17,18). The van der Waals surface area contributed by atoms with Crippen LogP contribution in [0.4, 0.5) is 5.69 Å². The molecule has 23 heavy (non-hydrogen) atoms. The average molecular weight is 344 g/mol. The van der Waals surface area contributed by atoms with E-state index in [1.807, 2.05) is 13.8 Å². The molecule has 9 heteroatoms. The molecule has 0 bridgehead atoms. The Kier molecular flexibility index (Phi) is 6.22. The van der Waals surface area contributed by atoms with Gasteiger partial charge in [0.05, 0.1) is 15.7 Å². The first kappa shape index (κ1) is 19.0. The normalized spacial score (nSPS) is 13.0. The van der Waals surface area contributed by atoms with Crippen molar-refractivity contribution in [1.29, 1.82) is 0 Å². The Morgan fingerprint density at radius 1 is 1.39 bits per heavy atom. The van der Waals surface area contributed by atoms with E-state index >= 15 is 0 Å². The number of hydrogen-bond donors (Lipinski definition) is 2. The van der Waals surface area contributed by atoms with Gasteiger partial charge in [-0.2, -0.15) is 0 Å². The molecule has 1 aromatic rings. The van der Waals surface area contributed by atoms with E-state index in [1.54, 1.807) is 0 Å². The summed E-state index contributed by atoms with van der Waals surface area (Å²) < 4.78 is 26.6. The Labute approximate surface area is 134 Å². The van der Waals surface area contributed by atoms with Crippen LogP contribution < -0.4 is 4.72 Å². The van der Waals surface area contributed by atoms with Gasteiger partial charge in [0.15, 0.2) is 0 Å². The molecule has 0 aliphatic heterocycles. The summed E-state index contributed by atoms with van der Waals surface area (Å²) in [7, 11) is -4.02. The molecular weight excluding hydrogens is 324 g/mol. The van der Waals surface area contributed by atoms with Crippen molar-refractivity contribution in [2.24, 2.45) is 11.8 Å². The fourth-order valence-corrected chi connectivity index (χ4v) is 3.19. The number of nitrogens with zero attached hydrogens (tertiary/aromatic N) is 1. The lowest BCUT2D eigenvalue weighted by Crippen LogP contribution is -2.33. The lowest BCUT2D eigenvalue weighted by atomic mass is 9.98. The molecule has 0 aliphatic rings. The van der Waals surface area contributed by atoms with Crippen LogP contribution in [0.25, 0.3) is 0 Å². The molecule has 1 unspecified atom stereocenters. The molecule has 0 saturated carbocycles. The molecule has 0 aliphatic carbocycles. The van der Waals surface area contributed by atoms with E-state index in [9.17, 15) is 23.3 Å². The van der Waals surface area contributed by atoms with Gasteiger partial charge < -0.3 is 5.11 Å². The molecule has 0 heterocycles. The van der Waals surface area contributed by atoms with Crippen LogP contribution in [0.15, 0.2) is 23.1 Å². The quantitative estimate of drug-likeness (QED) is 0.548. The van der Waals surface area contributed by atoms with Crippen LogP contribution in [-0.2, 0) is 14.8 Å². The lowest BCUT2D eigenvalue weighted by Gasteiger charge is -2.15. The number of aliphatic carboxylic acids is 1. The second-order valence-corrected chi connectivity index (χ2v) is 7.49. The number of carbonyl (C=O) groups is 1. The zero-order valence-corrected chi connectivity index (χ0v) is 14.0. The lowest BCUT2D eigenvalue weighted by molar-refractivity contribution is -0.385. The van der Waals surface area contributed by atoms with Crippen molar-refractivity contribution in [3.8, 4) is 0 Å². The largest absolute Gasteiger partial charge is 0.481 e. The summed E-state index contributed by atoms with van der Waals surface area (Å²) >= 11 is 0. The first-order valence-electron chi connectivity index (χ1n) is 7.02. The number of carboxylic acid groups (broad SMARTS) is 1. The fraction of sp³-hybridized carbons (Fsp3) is 0.500. The first-order valence-corrected chi connectivity index (χ1v) is 8.50. The SMILES string of the molecule is Cc1ccc(S(=O)(=O)NCC(CC(C)C)C(=O)O)cc1[N+](=O)[O-]. The van der Waals surface area contributed by atoms with Crippen LogP contribution in [0.1, 0.15) is 25.8 Å². The summed E-state index contributed by atoms with van der Waals surface area (Å²) in [4.78, 5) is 21.1. The number of aryl methyl sites for hydroxylation is 1. The second-order valence-electron chi connectivity index (χ2n) is 5.72. The first-order chi connectivity index (χ1) is 10.5. The van der Waals surface area contributed by atoms with Gasteiger partial charge in [0.2, 0.25) is 10.0 Å². The summed E-state index contributed by atoms with van der Waals surface area (Å²) in [6.07, 6.45) is 0.325. The number of sulfonamides is 1. The molecule has 0 saturated heterocycles. The highest BCUT2D eigenvalue weighted by Gasteiger charge is 2.24. The number of nitro groups is 1. The Bertz CT molecular complexity index is 699. The van der Waals surface area contributed by atoms with Crippen molar-refractivity contribution in [2.45, 2.75) is 32.1 Å². The van der Waals surface area contributed by atoms with Gasteiger partial charge in [-0.25, -0.2) is 13.1 Å². The minimum atomic E-state index is -4.02. The Hall–Kier alpha value is -2.00. The van der Waals surface area contributed by atoms with E-state index in [4.69, 9.17) is 5.11 Å². The third-order valence-electron chi connectivity index (χ3n) is 3.31. The van der Waals surface area contributed by atoms with Crippen LogP contribution in [0.5, 0.6) is 0 Å². The molecule has 0 spiro atoms. The highest BCUT2D eigenvalue weighted by Crippen LogP contribution is 2.22. The van der Waals surface area contributed by atoms with Gasteiger partial charge in [-0.1, -0.05) is 19.9 Å². The molecule has 0 amide bonds. The van der Waals surface area contributed by atoms with Crippen molar-refractivity contribution >= 4 is 21.7 Å². The van der Waals surface area contributed by atoms with E-state index in [-0.39, 0.29) is 23.0 Å². The fourth-order valence-electron chi connectivity index (χ4n) is 2.09. The smallest absolute Gasteiger partial charge is 0.307 e. The predicted molar refractivity (Wildman–Crippen MR) is 83.6 cm³/mol. The van der Waals surface area contributed by atoms with Gasteiger partial charge in [-0.15, -0.1) is 0 Å². The van der Waals surface area contributed by atoms with Gasteiger partial charge in [0.25, 0.3) is 5.69 Å². The van der Waals surface area contributed by atoms with Gasteiger partial charge in [0, 0.05) is 18.2 Å². The molecule has 128 valence electrons. The van der Waals surface area contributed by atoms with E-state index in [2.05, 4.69) is 4.72 Å². The summed E-state index contributed by atoms with van der Waals surface area (Å²) in [5, 5.41) is 20.0. The number of nitrogens with one attached hydrogen (secondary N) is 1. The van der Waals surface area contributed by atoms with E-state index in [0.29, 0.717) is 12.0 Å². The van der Waals surface area contributed by atoms with Gasteiger partial charge >= 0.3 is 5.97 Å². The topological polar surface area (TPSA) is 127 Å². The van der Waals surface area contributed by atoms with Crippen LogP contribution >= 0.6 is 0 Å². The molecular formula is C14H20N2O6S. The zero-order valence-electron chi connectivity index (χ0n) is 13.1. The number of benzene rings is 1. The van der Waals surface area contributed by atoms with E-state index in [1.165, 1.54) is 19.1 Å². The number of nitro benzene ring substituents is 1. The molecule has 1 aromatic carbocycles. The highest BCUT2D eigenvalue weighted by atomic mass is 32.2. The zero-order chi connectivity index (χ0) is 17.8. The van der Waals surface area contributed by atoms with Crippen LogP contribution in [0, 0.1) is 28.9 Å². The van der Waals surface area contributed by atoms with Crippen molar-refractivity contribution in [3.05, 3.63) is 33.9 Å². The summed E-state index contributed by atoms with van der Waals surface area (Å²) in [6, 6.07) is 3.56. The average Bonchev–Trinajstić information content (AvgIpc) is 2.42. The molecule has 0 fully saturated rings. The number of rotatable bonds is 8. The summed E-state index contributed by atoms with van der Waals surface area (Å²) in [5.41, 5.74) is 0.0435. The Balaban J connectivity index is 2.97. The molecule has 8 nitrogen and oxygen atoms in total. The van der Waals surface area contributed by atoms with Gasteiger partial charge in [-0.05, 0) is 25.3 Å². The Morgan fingerprint density at radius 2 is 2.00 bits per heavy atom. The molecule has 0 radical (unpaired) electrons. The minimum Gasteiger partial charge on any atom is -0.481 e. The van der Waals surface area contributed by atoms with Crippen molar-refractivity contribution in [1.82, 2.24) is 4.72 Å². The molecule has 0 aromatic heterocycles. The highest BCUT2D eigenvalue weighted by molar-refractivity contribution is 7.89. The molecule has 1 rings (SSSR count). The van der Waals surface area contributed by atoms with Gasteiger partial charge in [0.1, 0.15) is 0 Å². The second kappa shape index (κ2) is 7.51. The predicted octanol–water partition coefficient (Wildman–Crippen LogP) is 1.93. The van der Waals surface area contributed by atoms with Crippen LogP contribution in [0.3, 0.4) is 0 Å². The Morgan fingerprint density at radius 3 is 2.48 bits per heavy atom. The monoisotopic (exact) mass is 344 g/mol. The maximum absolute atomic E-state index is 12.2. The van der Waals surface area contributed by atoms with E-state index < -0.39 is 26.8 Å². The summed E-state index contributed by atoms with van der Waals surface area (Å²) in [6.45, 7) is 4.92. The van der Waals surface area contributed by atoms with Crippen molar-refractivity contribution < 1.29 is 23.2 Å².